The first-order valence-electron chi connectivity index (χ1n) is 6.22. The van der Waals surface area contributed by atoms with E-state index in [2.05, 4.69) is 0 Å². The first-order chi connectivity index (χ1) is 9.24. The van der Waals surface area contributed by atoms with Crippen LogP contribution in [0.1, 0.15) is 18.1 Å². The minimum Gasteiger partial charge on any atom is -0.496 e. The van der Waals surface area contributed by atoms with Gasteiger partial charge in [-0.15, -0.1) is 11.6 Å². The van der Waals surface area contributed by atoms with Crippen LogP contribution in [0.4, 0.5) is 0 Å². The summed E-state index contributed by atoms with van der Waals surface area (Å²) < 4.78 is 21.8. The molecule has 0 aromatic heterocycles. The van der Waals surface area contributed by atoms with Gasteiger partial charge in [-0.3, -0.25) is 0 Å². The summed E-state index contributed by atoms with van der Waals surface area (Å²) in [6.07, 6.45) is 0.915. The van der Waals surface area contributed by atoms with Crippen LogP contribution in [0.25, 0.3) is 0 Å². The van der Waals surface area contributed by atoms with E-state index < -0.39 is 0 Å². The predicted molar refractivity (Wildman–Crippen MR) is 73.6 cm³/mol. The fraction of sp³-hybridized carbons (Fsp3) is 0.571. The molecule has 0 spiro atoms. The molecule has 2 rings (SSSR count). The van der Waals surface area contributed by atoms with Crippen molar-refractivity contribution in [2.45, 2.75) is 12.5 Å². The average Bonchev–Trinajstić information content (AvgIpc) is 2.93. The standard InChI is InChI=1S/C14H19ClO4/c1-16-11-7-13(18-3)12(17-2)6-10(11)14-9(8-15)4-5-19-14/h6-7,9,14H,4-5,8H2,1-3H3. The van der Waals surface area contributed by atoms with Crippen molar-refractivity contribution in [1.29, 1.82) is 0 Å². The van der Waals surface area contributed by atoms with E-state index in [4.69, 9.17) is 30.5 Å². The quantitative estimate of drug-likeness (QED) is 0.780. The lowest BCUT2D eigenvalue weighted by molar-refractivity contribution is 0.0925. The molecule has 2 unspecified atom stereocenters. The number of ether oxygens (including phenoxy) is 4. The Balaban J connectivity index is 2.43. The molecule has 1 aliphatic rings. The van der Waals surface area contributed by atoms with Gasteiger partial charge in [0.15, 0.2) is 11.5 Å². The van der Waals surface area contributed by atoms with Gasteiger partial charge < -0.3 is 18.9 Å². The van der Waals surface area contributed by atoms with Crippen molar-refractivity contribution >= 4 is 11.6 Å². The summed E-state index contributed by atoms with van der Waals surface area (Å²) in [6.45, 7) is 0.722. The Bertz CT molecular complexity index is 436. The second-order valence-electron chi connectivity index (χ2n) is 4.44. The van der Waals surface area contributed by atoms with Gasteiger partial charge in [-0.1, -0.05) is 0 Å². The molecule has 106 valence electrons. The Morgan fingerprint density at radius 3 is 2.32 bits per heavy atom. The Labute approximate surface area is 118 Å². The molecule has 1 fully saturated rings. The third-order valence-electron chi connectivity index (χ3n) is 3.45. The maximum Gasteiger partial charge on any atom is 0.164 e. The van der Waals surface area contributed by atoms with Crippen molar-refractivity contribution in [3.05, 3.63) is 17.7 Å². The van der Waals surface area contributed by atoms with Crippen LogP contribution in [-0.2, 0) is 4.74 Å². The molecule has 0 aliphatic carbocycles. The molecule has 1 saturated heterocycles. The van der Waals surface area contributed by atoms with Crippen LogP contribution in [0, 0.1) is 5.92 Å². The number of benzene rings is 1. The monoisotopic (exact) mass is 286 g/mol. The summed E-state index contributed by atoms with van der Waals surface area (Å²) in [7, 11) is 4.85. The van der Waals surface area contributed by atoms with E-state index in [0.29, 0.717) is 23.3 Å². The number of methoxy groups -OCH3 is 3. The number of rotatable bonds is 5. The van der Waals surface area contributed by atoms with E-state index in [-0.39, 0.29) is 6.10 Å². The lowest BCUT2D eigenvalue weighted by atomic mass is 9.96. The zero-order chi connectivity index (χ0) is 13.8. The minimum absolute atomic E-state index is 0.0488. The predicted octanol–water partition coefficient (Wildman–Crippen LogP) is 3.03. The number of hydrogen-bond donors (Lipinski definition) is 0. The van der Waals surface area contributed by atoms with Gasteiger partial charge in [-0.2, -0.15) is 0 Å². The van der Waals surface area contributed by atoms with Crippen LogP contribution < -0.4 is 14.2 Å². The second-order valence-corrected chi connectivity index (χ2v) is 4.75. The summed E-state index contributed by atoms with van der Waals surface area (Å²) >= 11 is 6.00. The Hall–Kier alpha value is -1.13. The summed E-state index contributed by atoms with van der Waals surface area (Å²) in [5.74, 6) is 2.92. The number of alkyl halides is 1. The molecule has 5 heteroatoms. The number of hydrogen-bond acceptors (Lipinski definition) is 4. The highest BCUT2D eigenvalue weighted by Gasteiger charge is 2.32. The molecule has 1 aromatic carbocycles. The van der Waals surface area contributed by atoms with Gasteiger partial charge in [-0.05, 0) is 12.5 Å². The van der Waals surface area contributed by atoms with Gasteiger partial charge in [0, 0.05) is 30.0 Å². The van der Waals surface area contributed by atoms with Crippen molar-refractivity contribution in [3.63, 3.8) is 0 Å². The Kier molecular flexibility index (Phi) is 4.77. The number of halogens is 1. The van der Waals surface area contributed by atoms with Gasteiger partial charge in [-0.25, -0.2) is 0 Å². The molecule has 0 saturated carbocycles. The first-order valence-corrected chi connectivity index (χ1v) is 6.76. The zero-order valence-electron chi connectivity index (χ0n) is 11.4. The van der Waals surface area contributed by atoms with E-state index >= 15 is 0 Å². The van der Waals surface area contributed by atoms with E-state index in [1.54, 1.807) is 21.3 Å². The highest BCUT2D eigenvalue weighted by molar-refractivity contribution is 6.18. The molecule has 0 amide bonds. The van der Waals surface area contributed by atoms with Crippen LogP contribution in [0.15, 0.2) is 12.1 Å². The zero-order valence-corrected chi connectivity index (χ0v) is 12.2. The fourth-order valence-electron chi connectivity index (χ4n) is 2.41. The van der Waals surface area contributed by atoms with Gasteiger partial charge in [0.05, 0.1) is 27.4 Å². The topological polar surface area (TPSA) is 36.9 Å². The van der Waals surface area contributed by atoms with Gasteiger partial charge in [0.25, 0.3) is 0 Å². The lowest BCUT2D eigenvalue weighted by Crippen LogP contribution is -2.11. The summed E-state index contributed by atoms with van der Waals surface area (Å²) in [4.78, 5) is 0. The Morgan fingerprint density at radius 2 is 1.74 bits per heavy atom. The molecular weight excluding hydrogens is 268 g/mol. The van der Waals surface area contributed by atoms with Crippen LogP contribution in [0.2, 0.25) is 0 Å². The molecular formula is C14H19ClO4. The molecule has 1 aliphatic heterocycles. The maximum absolute atomic E-state index is 6.00. The van der Waals surface area contributed by atoms with Crippen LogP contribution in [-0.4, -0.2) is 33.8 Å². The summed E-state index contributed by atoms with van der Waals surface area (Å²) in [6, 6.07) is 3.73. The minimum atomic E-state index is -0.0488. The van der Waals surface area contributed by atoms with Crippen LogP contribution >= 0.6 is 11.6 Å². The average molecular weight is 287 g/mol. The molecule has 1 aromatic rings. The van der Waals surface area contributed by atoms with Crippen molar-refractivity contribution in [1.82, 2.24) is 0 Å². The Morgan fingerprint density at radius 1 is 1.11 bits per heavy atom. The summed E-state index contributed by atoms with van der Waals surface area (Å²) in [5, 5.41) is 0. The first kappa shape index (κ1) is 14.3. The molecule has 19 heavy (non-hydrogen) atoms. The van der Waals surface area contributed by atoms with Crippen molar-refractivity contribution in [2.24, 2.45) is 5.92 Å². The van der Waals surface area contributed by atoms with Crippen molar-refractivity contribution in [2.75, 3.05) is 33.8 Å². The SMILES string of the molecule is COc1cc(OC)c(C2OCCC2CCl)cc1OC. The third kappa shape index (κ3) is 2.74. The van der Waals surface area contributed by atoms with E-state index in [1.165, 1.54) is 0 Å². The van der Waals surface area contributed by atoms with Crippen molar-refractivity contribution < 1.29 is 18.9 Å². The van der Waals surface area contributed by atoms with E-state index in [1.807, 2.05) is 12.1 Å². The maximum atomic E-state index is 6.00. The van der Waals surface area contributed by atoms with Gasteiger partial charge >= 0.3 is 0 Å². The van der Waals surface area contributed by atoms with E-state index in [0.717, 1.165) is 24.3 Å². The highest BCUT2D eigenvalue weighted by Crippen LogP contribution is 2.44. The lowest BCUT2D eigenvalue weighted by Gasteiger charge is -2.21. The molecule has 1 heterocycles. The molecule has 0 radical (unpaired) electrons. The molecule has 0 bridgehead atoms. The normalized spacial score (nSPS) is 22.3. The molecule has 2 atom stereocenters. The van der Waals surface area contributed by atoms with Crippen LogP contribution in [0.5, 0.6) is 17.2 Å². The van der Waals surface area contributed by atoms with Gasteiger partial charge in [0.1, 0.15) is 5.75 Å². The van der Waals surface area contributed by atoms with Crippen molar-refractivity contribution in [3.8, 4) is 17.2 Å². The highest BCUT2D eigenvalue weighted by atomic mass is 35.5. The van der Waals surface area contributed by atoms with E-state index in [9.17, 15) is 0 Å². The van der Waals surface area contributed by atoms with Gasteiger partial charge in [0.2, 0.25) is 0 Å². The second kappa shape index (κ2) is 6.35. The fourth-order valence-corrected chi connectivity index (χ4v) is 2.73. The molecule has 0 N–H and O–H groups in total. The third-order valence-corrected chi connectivity index (χ3v) is 3.85. The summed E-state index contributed by atoms with van der Waals surface area (Å²) in [5.41, 5.74) is 0.961. The van der Waals surface area contributed by atoms with Crippen LogP contribution in [0.3, 0.4) is 0 Å². The smallest absolute Gasteiger partial charge is 0.164 e. The molecule has 4 nitrogen and oxygen atoms in total. The largest absolute Gasteiger partial charge is 0.496 e.